The first-order chi connectivity index (χ1) is 11.8. The van der Waals surface area contributed by atoms with Crippen molar-refractivity contribution in [2.75, 3.05) is 0 Å². The van der Waals surface area contributed by atoms with E-state index in [4.69, 9.17) is 4.74 Å². The van der Waals surface area contributed by atoms with Crippen molar-refractivity contribution in [2.24, 2.45) is 5.92 Å². The summed E-state index contributed by atoms with van der Waals surface area (Å²) in [5.74, 6) is 0.535. The summed E-state index contributed by atoms with van der Waals surface area (Å²) in [4.78, 5) is 27.1. The second-order valence-corrected chi connectivity index (χ2v) is 8.65. The van der Waals surface area contributed by atoms with Crippen molar-refractivity contribution >= 4 is 11.9 Å². The molecule has 0 aromatic heterocycles. The van der Waals surface area contributed by atoms with Gasteiger partial charge in [0.15, 0.2) is 0 Å². The minimum atomic E-state index is -0.469. The summed E-state index contributed by atoms with van der Waals surface area (Å²) in [5, 5.41) is 0. The van der Waals surface area contributed by atoms with Crippen molar-refractivity contribution in [3.05, 3.63) is 12.7 Å². The number of nitrogens with zero attached hydrogens (tertiary/aromatic N) is 1. The fraction of sp³-hybridized carbons (Fsp3) is 0.810. The average molecular weight is 350 g/mol. The highest BCUT2D eigenvalue weighted by atomic mass is 16.6. The minimum absolute atomic E-state index is 0.133. The Morgan fingerprint density at radius 3 is 2.32 bits per heavy atom. The Bertz CT molecular complexity index is 466. The predicted molar refractivity (Wildman–Crippen MR) is 101 cm³/mol. The number of ketones is 1. The van der Waals surface area contributed by atoms with Crippen LogP contribution in [0.5, 0.6) is 0 Å². The van der Waals surface area contributed by atoms with Crippen LogP contribution in [0.3, 0.4) is 0 Å². The number of ether oxygens (including phenoxy) is 1. The highest BCUT2D eigenvalue weighted by molar-refractivity contribution is 5.81. The molecular weight excluding hydrogens is 314 g/mol. The Morgan fingerprint density at radius 1 is 1.12 bits per heavy atom. The number of hydrogen-bond donors (Lipinski definition) is 0. The number of amides is 1. The Kier molecular flexibility index (Phi) is 7.09. The Morgan fingerprint density at radius 2 is 1.76 bits per heavy atom. The van der Waals surface area contributed by atoms with Gasteiger partial charge in [0.1, 0.15) is 11.4 Å². The standard InChI is InChI=1S/C21H35NO3/c1-5-6-7-8-9-13-19(23)16-14-17-11-10-12-18(15-16)22(17)20(24)25-21(2,3)4/h5,16-18H,1,6-15H2,2-4H3. The van der Waals surface area contributed by atoms with Crippen LogP contribution in [0.2, 0.25) is 0 Å². The lowest BCUT2D eigenvalue weighted by atomic mass is 9.76. The molecule has 2 aliphatic heterocycles. The van der Waals surface area contributed by atoms with Crippen molar-refractivity contribution in [3.8, 4) is 0 Å². The molecule has 4 heteroatoms. The zero-order chi connectivity index (χ0) is 18.4. The molecule has 2 heterocycles. The van der Waals surface area contributed by atoms with E-state index in [1.165, 1.54) is 0 Å². The normalized spacial score (nSPS) is 26.2. The number of Topliss-reactive ketones (excluding diaryl/α,β-unsaturated/α-hetero) is 1. The molecule has 142 valence electrons. The SMILES string of the molecule is C=CCCCCCC(=O)C1CC2CCCC(C1)N2C(=O)OC(C)(C)C. The summed E-state index contributed by atoms with van der Waals surface area (Å²) in [6.07, 6.45) is 11.5. The molecule has 2 unspecified atom stereocenters. The number of hydrogen-bond acceptors (Lipinski definition) is 3. The Labute approximate surface area is 153 Å². The topological polar surface area (TPSA) is 46.6 Å². The maximum Gasteiger partial charge on any atom is 0.410 e. The van der Waals surface area contributed by atoms with Crippen molar-refractivity contribution in [2.45, 2.75) is 103 Å². The number of carbonyl (C=O) groups excluding carboxylic acids is 2. The number of unbranched alkanes of at least 4 members (excludes halogenated alkanes) is 3. The first-order valence-electron chi connectivity index (χ1n) is 9.96. The molecule has 2 fully saturated rings. The van der Waals surface area contributed by atoms with Crippen LogP contribution in [0.25, 0.3) is 0 Å². The molecule has 2 atom stereocenters. The van der Waals surface area contributed by atoms with Gasteiger partial charge in [0, 0.05) is 24.4 Å². The molecule has 0 spiro atoms. The second kappa shape index (κ2) is 8.86. The quantitative estimate of drug-likeness (QED) is 0.465. The van der Waals surface area contributed by atoms with Gasteiger partial charge < -0.3 is 9.64 Å². The zero-order valence-electron chi connectivity index (χ0n) is 16.3. The van der Waals surface area contributed by atoms with Gasteiger partial charge in [-0.25, -0.2) is 4.79 Å². The van der Waals surface area contributed by atoms with Crippen LogP contribution in [0, 0.1) is 5.92 Å². The maximum absolute atomic E-state index is 12.6. The molecule has 2 rings (SSSR count). The average Bonchev–Trinajstić information content (AvgIpc) is 2.51. The van der Waals surface area contributed by atoms with E-state index in [1.807, 2.05) is 31.7 Å². The molecule has 2 aliphatic rings. The molecule has 2 saturated heterocycles. The van der Waals surface area contributed by atoms with E-state index in [2.05, 4.69) is 6.58 Å². The van der Waals surface area contributed by atoms with Gasteiger partial charge in [0.25, 0.3) is 0 Å². The third-order valence-corrected chi connectivity index (χ3v) is 5.37. The number of rotatable bonds is 7. The van der Waals surface area contributed by atoms with Crippen LogP contribution in [-0.2, 0) is 9.53 Å². The summed E-state index contributed by atoms with van der Waals surface area (Å²) in [7, 11) is 0. The Hall–Kier alpha value is -1.32. The summed E-state index contributed by atoms with van der Waals surface area (Å²) in [5.41, 5.74) is -0.469. The van der Waals surface area contributed by atoms with Gasteiger partial charge in [0.2, 0.25) is 0 Å². The van der Waals surface area contributed by atoms with E-state index in [0.717, 1.165) is 57.8 Å². The van der Waals surface area contributed by atoms with Gasteiger partial charge in [-0.1, -0.05) is 12.5 Å². The lowest BCUT2D eigenvalue weighted by molar-refractivity contribution is -0.127. The molecule has 25 heavy (non-hydrogen) atoms. The van der Waals surface area contributed by atoms with E-state index in [0.29, 0.717) is 12.2 Å². The monoisotopic (exact) mass is 349 g/mol. The third kappa shape index (κ3) is 5.86. The van der Waals surface area contributed by atoms with Gasteiger partial charge in [-0.3, -0.25) is 4.79 Å². The second-order valence-electron chi connectivity index (χ2n) is 8.65. The highest BCUT2D eigenvalue weighted by Gasteiger charge is 2.43. The number of fused-ring (bicyclic) bond motifs is 2. The van der Waals surface area contributed by atoms with Gasteiger partial charge >= 0.3 is 6.09 Å². The lowest BCUT2D eigenvalue weighted by Crippen LogP contribution is -2.56. The third-order valence-electron chi connectivity index (χ3n) is 5.37. The molecule has 4 nitrogen and oxygen atoms in total. The van der Waals surface area contributed by atoms with Crippen LogP contribution in [0.4, 0.5) is 4.79 Å². The molecule has 0 aromatic rings. The summed E-state index contributed by atoms with van der Waals surface area (Å²) < 4.78 is 5.61. The first kappa shape index (κ1) is 20.0. The molecule has 1 amide bonds. The van der Waals surface area contributed by atoms with Crippen molar-refractivity contribution < 1.29 is 14.3 Å². The van der Waals surface area contributed by atoms with E-state index in [9.17, 15) is 9.59 Å². The first-order valence-corrected chi connectivity index (χ1v) is 9.96. The minimum Gasteiger partial charge on any atom is -0.444 e. The molecule has 0 N–H and O–H groups in total. The Balaban J connectivity index is 1.88. The van der Waals surface area contributed by atoms with Gasteiger partial charge in [-0.2, -0.15) is 0 Å². The fourth-order valence-corrected chi connectivity index (χ4v) is 4.23. The summed E-state index contributed by atoms with van der Waals surface area (Å²) >= 11 is 0. The molecule has 2 bridgehead atoms. The summed E-state index contributed by atoms with van der Waals surface area (Å²) in [6, 6.07) is 0.356. The number of piperidine rings is 2. The van der Waals surface area contributed by atoms with Gasteiger partial charge in [-0.05, 0) is 72.1 Å². The number of allylic oxidation sites excluding steroid dienone is 1. The van der Waals surface area contributed by atoms with Crippen molar-refractivity contribution in [1.29, 1.82) is 0 Å². The smallest absolute Gasteiger partial charge is 0.410 e. The molecule has 0 aliphatic carbocycles. The summed E-state index contributed by atoms with van der Waals surface area (Å²) in [6.45, 7) is 9.45. The van der Waals surface area contributed by atoms with E-state index >= 15 is 0 Å². The van der Waals surface area contributed by atoms with Crippen molar-refractivity contribution in [1.82, 2.24) is 4.90 Å². The van der Waals surface area contributed by atoms with Crippen LogP contribution in [0.1, 0.15) is 85.0 Å². The van der Waals surface area contributed by atoms with Gasteiger partial charge in [0.05, 0.1) is 0 Å². The lowest BCUT2D eigenvalue weighted by Gasteiger charge is -2.48. The zero-order valence-corrected chi connectivity index (χ0v) is 16.3. The largest absolute Gasteiger partial charge is 0.444 e. The van der Waals surface area contributed by atoms with E-state index < -0.39 is 5.60 Å². The maximum atomic E-state index is 12.6. The van der Waals surface area contributed by atoms with Crippen LogP contribution >= 0.6 is 0 Å². The van der Waals surface area contributed by atoms with Gasteiger partial charge in [-0.15, -0.1) is 6.58 Å². The fourth-order valence-electron chi connectivity index (χ4n) is 4.23. The predicted octanol–water partition coefficient (Wildman–Crippen LogP) is 5.26. The molecular formula is C21H35NO3. The molecule has 0 saturated carbocycles. The molecule has 0 aromatic carbocycles. The van der Waals surface area contributed by atoms with Crippen LogP contribution < -0.4 is 0 Å². The molecule has 0 radical (unpaired) electrons. The van der Waals surface area contributed by atoms with Crippen LogP contribution in [-0.4, -0.2) is 34.5 Å². The van der Waals surface area contributed by atoms with E-state index in [-0.39, 0.29) is 24.1 Å². The highest BCUT2D eigenvalue weighted by Crippen LogP contribution is 2.38. The van der Waals surface area contributed by atoms with E-state index in [1.54, 1.807) is 0 Å². The van der Waals surface area contributed by atoms with Crippen LogP contribution in [0.15, 0.2) is 12.7 Å². The van der Waals surface area contributed by atoms with Crippen molar-refractivity contribution in [3.63, 3.8) is 0 Å². The number of carbonyl (C=O) groups is 2.